The minimum absolute atomic E-state index is 0.213. The fourth-order valence-electron chi connectivity index (χ4n) is 1.65. The number of hydrogen-bond acceptors (Lipinski definition) is 3. The van der Waals surface area contributed by atoms with Crippen LogP contribution in [0.25, 0.3) is 5.53 Å². The van der Waals surface area contributed by atoms with Crippen molar-refractivity contribution in [2.45, 2.75) is 32.6 Å². The molecule has 0 N–H and O–H groups in total. The molecule has 0 amide bonds. The largest absolute Gasteiger partial charge is 0.405 e. The van der Waals surface area contributed by atoms with Gasteiger partial charge in [0.2, 0.25) is 5.78 Å². The summed E-state index contributed by atoms with van der Waals surface area (Å²) in [4.78, 5) is 38.2. The van der Waals surface area contributed by atoms with Crippen LogP contribution in [-0.2, 0) is 9.59 Å². The van der Waals surface area contributed by atoms with Gasteiger partial charge in [-0.25, -0.2) is 0 Å². The van der Waals surface area contributed by atoms with E-state index in [9.17, 15) is 14.4 Å². The molecule has 0 aliphatic carbocycles. The molecule has 0 fully saturated rings. The van der Waals surface area contributed by atoms with Gasteiger partial charge in [-0.1, -0.05) is 49.6 Å². The maximum absolute atomic E-state index is 12.0. The number of nitrogens with zero attached hydrogens (tertiary/aromatic N) is 2. The van der Waals surface area contributed by atoms with Gasteiger partial charge in [0.05, 0.1) is 6.42 Å². The molecule has 22 heavy (non-hydrogen) atoms. The highest BCUT2D eigenvalue weighted by atomic mass is 16.2. The standard InChI is InChI=1S/C17H16N2O3/c1-2-3-4-8-11-14(20)12-15(21)16(19-18)17(22)13-9-6-5-7-10-13/h5-7,9-10H,2-4,12H2,1H3. The van der Waals surface area contributed by atoms with E-state index in [-0.39, 0.29) is 5.56 Å². The lowest BCUT2D eigenvalue weighted by Gasteiger charge is -1.95. The van der Waals surface area contributed by atoms with Crippen LogP contribution in [0.5, 0.6) is 0 Å². The van der Waals surface area contributed by atoms with E-state index in [0.29, 0.717) is 6.42 Å². The Morgan fingerprint density at radius 2 is 1.86 bits per heavy atom. The van der Waals surface area contributed by atoms with Gasteiger partial charge in [-0.05, 0) is 12.3 Å². The first kappa shape index (κ1) is 17.2. The summed E-state index contributed by atoms with van der Waals surface area (Å²) >= 11 is 0. The van der Waals surface area contributed by atoms with Gasteiger partial charge in [-0.3, -0.25) is 14.4 Å². The highest BCUT2D eigenvalue weighted by Crippen LogP contribution is 2.02. The van der Waals surface area contributed by atoms with E-state index in [2.05, 4.69) is 16.6 Å². The van der Waals surface area contributed by atoms with Crippen molar-refractivity contribution in [2.75, 3.05) is 0 Å². The van der Waals surface area contributed by atoms with Crippen molar-refractivity contribution >= 4 is 23.1 Å². The van der Waals surface area contributed by atoms with Crippen LogP contribution >= 0.6 is 0 Å². The van der Waals surface area contributed by atoms with Gasteiger partial charge in [-0.15, -0.1) is 0 Å². The molecule has 0 unspecified atom stereocenters. The number of Topliss-reactive ketones (excluding diaryl/α,β-unsaturated/α-hetero) is 3. The van der Waals surface area contributed by atoms with Gasteiger partial charge in [0.15, 0.2) is 0 Å². The molecule has 0 aliphatic rings. The van der Waals surface area contributed by atoms with Crippen LogP contribution in [0, 0.1) is 11.8 Å². The predicted molar refractivity (Wildman–Crippen MR) is 81.3 cm³/mol. The first-order chi connectivity index (χ1) is 10.6. The molecule has 5 nitrogen and oxygen atoms in total. The lowest BCUT2D eigenvalue weighted by Crippen LogP contribution is -2.27. The summed E-state index contributed by atoms with van der Waals surface area (Å²) in [6, 6.07) is 7.94. The zero-order valence-corrected chi connectivity index (χ0v) is 12.3. The molecule has 0 aromatic heterocycles. The van der Waals surface area contributed by atoms with Crippen molar-refractivity contribution in [3.8, 4) is 11.8 Å². The molecule has 0 saturated carbocycles. The van der Waals surface area contributed by atoms with Crippen molar-refractivity contribution < 1.29 is 19.2 Å². The quantitative estimate of drug-likeness (QED) is 0.113. The molecule has 0 bridgehead atoms. The molecule has 0 aliphatic heterocycles. The molecule has 0 radical (unpaired) electrons. The number of benzene rings is 1. The summed E-state index contributed by atoms with van der Waals surface area (Å²) < 4.78 is 0. The summed E-state index contributed by atoms with van der Waals surface area (Å²) in [5.41, 5.74) is 8.44. The molecule has 1 rings (SSSR count). The maximum atomic E-state index is 12.0. The van der Waals surface area contributed by atoms with Gasteiger partial charge in [0.25, 0.3) is 11.6 Å². The van der Waals surface area contributed by atoms with Gasteiger partial charge in [-0.2, -0.15) is 4.79 Å². The SMILES string of the molecule is CCCCC#CC(=O)CC(=O)C(=[N+]=[N-])C(=O)c1ccccc1. The molecular formula is C17H16N2O3. The number of unbranched alkanes of at least 4 members (excludes halogenated alkanes) is 2. The Labute approximate surface area is 129 Å². The van der Waals surface area contributed by atoms with E-state index in [4.69, 9.17) is 5.53 Å². The normalized spacial score (nSPS) is 9.14. The minimum atomic E-state index is -0.842. The molecule has 0 heterocycles. The lowest BCUT2D eigenvalue weighted by atomic mass is 10.0. The van der Waals surface area contributed by atoms with E-state index >= 15 is 0 Å². The number of rotatable bonds is 7. The molecule has 112 valence electrons. The van der Waals surface area contributed by atoms with Crippen LogP contribution in [0.4, 0.5) is 0 Å². The molecule has 5 heteroatoms. The lowest BCUT2D eigenvalue weighted by molar-refractivity contribution is -0.122. The summed E-state index contributed by atoms with van der Waals surface area (Å²) in [7, 11) is 0. The van der Waals surface area contributed by atoms with Crippen LogP contribution in [0.15, 0.2) is 30.3 Å². The van der Waals surface area contributed by atoms with Crippen molar-refractivity contribution in [3.05, 3.63) is 41.4 Å². The monoisotopic (exact) mass is 296 g/mol. The van der Waals surface area contributed by atoms with Gasteiger partial charge >= 0.3 is 5.71 Å². The Bertz CT molecular complexity index is 675. The van der Waals surface area contributed by atoms with Crippen LogP contribution in [-0.4, -0.2) is 27.9 Å². The summed E-state index contributed by atoms with van der Waals surface area (Å²) in [5.74, 6) is 2.86. The van der Waals surface area contributed by atoms with Crippen molar-refractivity contribution in [1.29, 1.82) is 0 Å². The third kappa shape index (κ3) is 5.28. The Hall–Kier alpha value is -2.83. The van der Waals surface area contributed by atoms with Gasteiger partial charge in [0, 0.05) is 12.0 Å². The van der Waals surface area contributed by atoms with Crippen molar-refractivity contribution in [1.82, 2.24) is 0 Å². The van der Waals surface area contributed by atoms with Crippen LogP contribution in [0.3, 0.4) is 0 Å². The second kappa shape index (κ2) is 9.17. The molecule has 0 atom stereocenters. The molecule has 1 aromatic rings. The predicted octanol–water partition coefficient (Wildman–Crippen LogP) is 2.26. The minimum Gasteiger partial charge on any atom is -0.360 e. The van der Waals surface area contributed by atoms with Gasteiger partial charge in [0.1, 0.15) is 0 Å². The number of carbonyl (C=O) groups excluding carboxylic acids is 3. The first-order valence-corrected chi connectivity index (χ1v) is 6.96. The zero-order valence-electron chi connectivity index (χ0n) is 12.3. The second-order valence-corrected chi connectivity index (χ2v) is 4.57. The number of hydrogen-bond donors (Lipinski definition) is 0. The fourth-order valence-corrected chi connectivity index (χ4v) is 1.65. The van der Waals surface area contributed by atoms with Crippen molar-refractivity contribution in [2.24, 2.45) is 0 Å². The van der Waals surface area contributed by atoms with Crippen molar-refractivity contribution in [3.63, 3.8) is 0 Å². The Morgan fingerprint density at radius 3 is 2.45 bits per heavy atom. The van der Waals surface area contributed by atoms with E-state index < -0.39 is 29.5 Å². The third-order valence-electron chi connectivity index (χ3n) is 2.82. The Balaban J connectivity index is 2.74. The smallest absolute Gasteiger partial charge is 0.360 e. The number of carbonyl (C=O) groups is 3. The average Bonchev–Trinajstić information content (AvgIpc) is 2.53. The molecule has 0 saturated heterocycles. The Morgan fingerprint density at radius 1 is 1.18 bits per heavy atom. The molecule has 1 aromatic carbocycles. The van der Waals surface area contributed by atoms with Crippen LogP contribution in [0.1, 0.15) is 43.0 Å². The Kier molecular flexibility index (Phi) is 7.18. The van der Waals surface area contributed by atoms with E-state index in [0.717, 1.165) is 12.8 Å². The van der Waals surface area contributed by atoms with E-state index in [1.54, 1.807) is 18.2 Å². The second-order valence-electron chi connectivity index (χ2n) is 4.57. The summed E-state index contributed by atoms with van der Waals surface area (Å²) in [6.07, 6.45) is 1.86. The van der Waals surface area contributed by atoms with Crippen LogP contribution < -0.4 is 0 Å². The molecule has 0 spiro atoms. The summed E-state index contributed by atoms with van der Waals surface area (Å²) in [6.45, 7) is 2.01. The van der Waals surface area contributed by atoms with Crippen LogP contribution in [0.2, 0.25) is 0 Å². The number of ketones is 3. The maximum Gasteiger partial charge on any atom is 0.405 e. The van der Waals surface area contributed by atoms with E-state index in [1.165, 1.54) is 12.1 Å². The van der Waals surface area contributed by atoms with Gasteiger partial charge < -0.3 is 5.53 Å². The highest BCUT2D eigenvalue weighted by Gasteiger charge is 2.31. The fraction of sp³-hybridized carbons (Fsp3) is 0.294. The average molecular weight is 296 g/mol. The van der Waals surface area contributed by atoms with E-state index in [1.807, 2.05) is 6.92 Å². The highest BCUT2D eigenvalue weighted by molar-refractivity contribution is 6.68. The summed E-state index contributed by atoms with van der Waals surface area (Å²) in [5, 5.41) is 0. The third-order valence-corrected chi connectivity index (χ3v) is 2.82. The first-order valence-electron chi connectivity index (χ1n) is 6.96. The topological polar surface area (TPSA) is 87.6 Å². The zero-order chi connectivity index (χ0) is 16.4. The molecular weight excluding hydrogens is 280 g/mol.